The Morgan fingerprint density at radius 2 is 1.70 bits per heavy atom. The van der Waals surface area contributed by atoms with Gasteiger partial charge in [-0.1, -0.05) is 38.0 Å². The molecule has 0 radical (unpaired) electrons. The second kappa shape index (κ2) is 9.20. The van der Waals surface area contributed by atoms with Crippen molar-refractivity contribution < 1.29 is 18.0 Å². The van der Waals surface area contributed by atoms with E-state index in [2.05, 4.69) is 6.92 Å². The third-order valence-electron chi connectivity index (χ3n) is 5.35. The van der Waals surface area contributed by atoms with E-state index in [4.69, 9.17) is 5.73 Å². The van der Waals surface area contributed by atoms with Gasteiger partial charge in [0, 0.05) is 23.5 Å². The first kappa shape index (κ1) is 21.7. The average molecular weight is 414 g/mol. The number of rotatable bonds is 8. The molecule has 3 rings (SSSR count). The number of amides is 1. The van der Waals surface area contributed by atoms with Crippen molar-refractivity contribution in [3.05, 3.63) is 82.4 Å². The summed E-state index contributed by atoms with van der Waals surface area (Å²) in [5.41, 5.74) is 9.58. The van der Waals surface area contributed by atoms with Crippen LogP contribution >= 0.6 is 0 Å². The standard InChI is InChI=1S/C24H25F3N2O/c1-3-4-5-6-21-23(17-8-10-18(25)11-9-17)22(24(28)30)15(2)29(21)14-16-7-12-19(26)20(27)13-16/h7-13H,3-6,14H2,1-2H3,(H2,28,30). The van der Waals surface area contributed by atoms with Crippen LogP contribution in [0.1, 0.15) is 53.5 Å². The molecule has 2 aromatic carbocycles. The maximum Gasteiger partial charge on any atom is 0.251 e. The van der Waals surface area contributed by atoms with Gasteiger partial charge in [0.2, 0.25) is 0 Å². The first-order chi connectivity index (χ1) is 14.3. The Bertz CT molecular complexity index is 1060. The van der Waals surface area contributed by atoms with E-state index >= 15 is 0 Å². The van der Waals surface area contributed by atoms with Gasteiger partial charge in [0.1, 0.15) is 5.82 Å². The topological polar surface area (TPSA) is 48.0 Å². The summed E-state index contributed by atoms with van der Waals surface area (Å²) in [6, 6.07) is 9.72. The van der Waals surface area contributed by atoms with Crippen molar-refractivity contribution in [2.75, 3.05) is 0 Å². The Hall–Kier alpha value is -3.02. The molecular formula is C24H25F3N2O. The molecule has 0 aliphatic rings. The lowest BCUT2D eigenvalue weighted by molar-refractivity contribution is 0.1000. The van der Waals surface area contributed by atoms with Gasteiger partial charge in [-0.2, -0.15) is 0 Å². The van der Waals surface area contributed by atoms with E-state index in [-0.39, 0.29) is 12.4 Å². The van der Waals surface area contributed by atoms with Crippen molar-refractivity contribution >= 4 is 5.91 Å². The van der Waals surface area contributed by atoms with E-state index in [0.29, 0.717) is 34.4 Å². The van der Waals surface area contributed by atoms with Crippen molar-refractivity contribution in [3.63, 3.8) is 0 Å². The number of hydrogen-bond donors (Lipinski definition) is 1. The van der Waals surface area contributed by atoms with E-state index in [0.717, 1.165) is 37.1 Å². The molecule has 1 heterocycles. The molecular weight excluding hydrogens is 389 g/mol. The molecule has 1 amide bonds. The molecule has 0 aliphatic heterocycles. The van der Waals surface area contributed by atoms with E-state index in [1.165, 1.54) is 18.2 Å². The van der Waals surface area contributed by atoms with Crippen LogP contribution in [-0.4, -0.2) is 10.5 Å². The highest BCUT2D eigenvalue weighted by Gasteiger charge is 2.25. The predicted octanol–water partition coefficient (Wildman–Crippen LogP) is 5.76. The lowest BCUT2D eigenvalue weighted by Gasteiger charge is -2.14. The molecule has 0 unspecified atom stereocenters. The zero-order chi connectivity index (χ0) is 21.8. The van der Waals surface area contributed by atoms with Crippen LogP contribution < -0.4 is 5.73 Å². The van der Waals surface area contributed by atoms with Crippen LogP contribution in [0.2, 0.25) is 0 Å². The summed E-state index contributed by atoms with van der Waals surface area (Å²) in [6.45, 7) is 4.16. The largest absolute Gasteiger partial charge is 0.366 e. The molecule has 3 aromatic rings. The molecule has 1 aromatic heterocycles. The summed E-state index contributed by atoms with van der Waals surface area (Å²) < 4.78 is 42.5. The summed E-state index contributed by atoms with van der Waals surface area (Å²) >= 11 is 0. The number of primary amides is 1. The van der Waals surface area contributed by atoms with Gasteiger partial charge in [-0.25, -0.2) is 13.2 Å². The van der Waals surface area contributed by atoms with E-state index < -0.39 is 17.5 Å². The van der Waals surface area contributed by atoms with Crippen molar-refractivity contribution in [3.8, 4) is 11.1 Å². The number of nitrogens with zero attached hydrogens (tertiary/aromatic N) is 1. The van der Waals surface area contributed by atoms with Gasteiger partial charge in [0.15, 0.2) is 11.6 Å². The number of halogens is 3. The van der Waals surface area contributed by atoms with Crippen molar-refractivity contribution in [2.45, 2.75) is 46.1 Å². The fraction of sp³-hybridized carbons (Fsp3) is 0.292. The van der Waals surface area contributed by atoms with Gasteiger partial charge >= 0.3 is 0 Å². The van der Waals surface area contributed by atoms with E-state index in [9.17, 15) is 18.0 Å². The summed E-state index contributed by atoms with van der Waals surface area (Å²) in [7, 11) is 0. The van der Waals surface area contributed by atoms with Crippen LogP contribution in [0.3, 0.4) is 0 Å². The maximum absolute atomic E-state index is 13.8. The third-order valence-corrected chi connectivity index (χ3v) is 5.35. The molecule has 0 saturated carbocycles. The molecule has 0 spiro atoms. The Morgan fingerprint density at radius 3 is 2.30 bits per heavy atom. The Balaban J connectivity index is 2.18. The summed E-state index contributed by atoms with van der Waals surface area (Å²) in [5, 5.41) is 0. The summed E-state index contributed by atoms with van der Waals surface area (Å²) in [5.74, 6) is -2.77. The van der Waals surface area contributed by atoms with Crippen molar-refractivity contribution in [1.82, 2.24) is 4.57 Å². The lowest BCUT2D eigenvalue weighted by atomic mass is 9.97. The Kier molecular flexibility index (Phi) is 6.65. The van der Waals surface area contributed by atoms with Crippen LogP contribution in [0.25, 0.3) is 11.1 Å². The highest BCUT2D eigenvalue weighted by molar-refractivity contribution is 6.02. The zero-order valence-corrected chi connectivity index (χ0v) is 17.1. The number of unbranched alkanes of at least 4 members (excludes halogenated alkanes) is 2. The third kappa shape index (κ3) is 4.42. The average Bonchev–Trinajstić information content (AvgIpc) is 2.98. The van der Waals surface area contributed by atoms with E-state index in [1.807, 2.05) is 4.57 Å². The number of nitrogens with two attached hydrogens (primary N) is 1. The first-order valence-electron chi connectivity index (χ1n) is 10.0. The van der Waals surface area contributed by atoms with Gasteiger partial charge in [-0.05, 0) is 55.2 Å². The minimum absolute atomic E-state index is 0.270. The van der Waals surface area contributed by atoms with Crippen LogP contribution in [0.15, 0.2) is 42.5 Å². The predicted molar refractivity (Wildman–Crippen MR) is 112 cm³/mol. The SMILES string of the molecule is CCCCCc1c(-c2ccc(F)cc2)c(C(N)=O)c(C)n1Cc1ccc(F)c(F)c1. The molecule has 0 fully saturated rings. The Labute approximate surface area is 174 Å². The number of benzene rings is 2. The molecule has 0 atom stereocenters. The molecule has 0 saturated heterocycles. The normalized spacial score (nSPS) is 11.1. The first-order valence-corrected chi connectivity index (χ1v) is 10.0. The number of carbonyl (C=O) groups is 1. The molecule has 30 heavy (non-hydrogen) atoms. The number of carbonyl (C=O) groups excluding carboxylic acids is 1. The van der Waals surface area contributed by atoms with Gasteiger partial charge in [-0.15, -0.1) is 0 Å². The monoisotopic (exact) mass is 414 g/mol. The van der Waals surface area contributed by atoms with Gasteiger partial charge in [-0.3, -0.25) is 4.79 Å². The highest BCUT2D eigenvalue weighted by Crippen LogP contribution is 2.34. The Morgan fingerprint density at radius 1 is 1.00 bits per heavy atom. The number of aromatic nitrogens is 1. The van der Waals surface area contributed by atoms with Gasteiger partial charge in [0.05, 0.1) is 5.56 Å². The van der Waals surface area contributed by atoms with Crippen molar-refractivity contribution in [1.29, 1.82) is 0 Å². The lowest BCUT2D eigenvalue weighted by Crippen LogP contribution is -2.13. The fourth-order valence-corrected chi connectivity index (χ4v) is 3.86. The van der Waals surface area contributed by atoms with Crippen LogP contribution in [0.4, 0.5) is 13.2 Å². The summed E-state index contributed by atoms with van der Waals surface area (Å²) in [4.78, 5) is 12.4. The minimum atomic E-state index is -0.918. The molecule has 3 nitrogen and oxygen atoms in total. The van der Waals surface area contributed by atoms with Gasteiger partial charge in [0.25, 0.3) is 5.91 Å². The molecule has 0 aliphatic carbocycles. The maximum atomic E-state index is 13.8. The van der Waals surface area contributed by atoms with E-state index in [1.54, 1.807) is 19.1 Å². The van der Waals surface area contributed by atoms with Crippen LogP contribution in [-0.2, 0) is 13.0 Å². The highest BCUT2D eigenvalue weighted by atomic mass is 19.2. The second-order valence-corrected chi connectivity index (χ2v) is 7.44. The van der Waals surface area contributed by atoms with Crippen LogP contribution in [0.5, 0.6) is 0 Å². The smallest absolute Gasteiger partial charge is 0.251 e. The molecule has 158 valence electrons. The number of hydrogen-bond acceptors (Lipinski definition) is 1. The second-order valence-electron chi connectivity index (χ2n) is 7.44. The summed E-state index contributed by atoms with van der Waals surface area (Å²) in [6.07, 6.45) is 3.60. The molecule has 6 heteroatoms. The zero-order valence-electron chi connectivity index (χ0n) is 17.1. The van der Waals surface area contributed by atoms with Crippen molar-refractivity contribution in [2.24, 2.45) is 5.73 Å². The quantitative estimate of drug-likeness (QED) is 0.468. The fourth-order valence-electron chi connectivity index (χ4n) is 3.86. The molecule has 2 N–H and O–H groups in total. The van der Waals surface area contributed by atoms with Gasteiger partial charge < -0.3 is 10.3 Å². The minimum Gasteiger partial charge on any atom is -0.366 e. The molecule has 0 bridgehead atoms. The van der Waals surface area contributed by atoms with Crippen LogP contribution in [0, 0.1) is 24.4 Å².